The van der Waals surface area contributed by atoms with Crippen LogP contribution in [0, 0.1) is 5.92 Å². The SMILES string of the molecule is N[C@@H]1C[C@H]1C1CCCCN1Cc1ccccc1. The van der Waals surface area contributed by atoms with Crippen molar-refractivity contribution in [1.29, 1.82) is 0 Å². The van der Waals surface area contributed by atoms with E-state index in [4.69, 9.17) is 5.73 Å². The maximum absolute atomic E-state index is 6.03. The molecule has 3 atom stereocenters. The smallest absolute Gasteiger partial charge is 0.0236 e. The summed E-state index contributed by atoms with van der Waals surface area (Å²) in [7, 11) is 0. The van der Waals surface area contributed by atoms with E-state index in [9.17, 15) is 0 Å². The topological polar surface area (TPSA) is 29.3 Å². The molecule has 0 radical (unpaired) electrons. The summed E-state index contributed by atoms with van der Waals surface area (Å²) in [4.78, 5) is 2.66. The molecule has 0 aromatic heterocycles. The standard InChI is InChI=1S/C15H22N2/c16-14-10-13(14)15-8-4-5-9-17(15)11-12-6-2-1-3-7-12/h1-3,6-7,13-15H,4-5,8-11,16H2/t13-,14-,15?/m1/s1. The average Bonchev–Trinajstić information content (AvgIpc) is 3.08. The third-order valence-electron chi connectivity index (χ3n) is 4.28. The molecule has 1 aromatic carbocycles. The molecule has 2 nitrogen and oxygen atoms in total. The van der Waals surface area contributed by atoms with E-state index in [-0.39, 0.29) is 0 Å². The van der Waals surface area contributed by atoms with Crippen molar-refractivity contribution in [2.75, 3.05) is 6.54 Å². The molecular formula is C15H22N2. The van der Waals surface area contributed by atoms with Crippen LogP contribution in [0.15, 0.2) is 30.3 Å². The number of piperidine rings is 1. The number of rotatable bonds is 3. The Bertz CT molecular complexity index is 362. The third-order valence-corrected chi connectivity index (χ3v) is 4.28. The molecule has 1 saturated carbocycles. The molecule has 92 valence electrons. The highest BCUT2D eigenvalue weighted by Gasteiger charge is 2.43. The summed E-state index contributed by atoms with van der Waals surface area (Å²) in [6, 6.07) is 12.1. The lowest BCUT2D eigenvalue weighted by Gasteiger charge is -2.36. The van der Waals surface area contributed by atoms with E-state index < -0.39 is 0 Å². The van der Waals surface area contributed by atoms with Crippen molar-refractivity contribution >= 4 is 0 Å². The number of nitrogens with two attached hydrogens (primary N) is 1. The van der Waals surface area contributed by atoms with E-state index >= 15 is 0 Å². The second kappa shape index (κ2) is 4.79. The molecule has 2 fully saturated rings. The van der Waals surface area contributed by atoms with Crippen LogP contribution in [0.3, 0.4) is 0 Å². The molecule has 2 heteroatoms. The summed E-state index contributed by atoms with van der Waals surface area (Å²) < 4.78 is 0. The molecule has 1 aliphatic heterocycles. The second-order valence-electron chi connectivity index (χ2n) is 5.58. The van der Waals surface area contributed by atoms with Crippen molar-refractivity contribution in [1.82, 2.24) is 4.90 Å². The van der Waals surface area contributed by atoms with E-state index in [1.807, 2.05) is 0 Å². The molecule has 1 aliphatic carbocycles. The van der Waals surface area contributed by atoms with Gasteiger partial charge in [0.05, 0.1) is 0 Å². The van der Waals surface area contributed by atoms with Crippen molar-refractivity contribution in [2.24, 2.45) is 11.7 Å². The highest BCUT2D eigenvalue weighted by molar-refractivity contribution is 5.15. The zero-order chi connectivity index (χ0) is 11.7. The molecule has 17 heavy (non-hydrogen) atoms. The van der Waals surface area contributed by atoms with Gasteiger partial charge >= 0.3 is 0 Å². The van der Waals surface area contributed by atoms with Gasteiger partial charge < -0.3 is 5.73 Å². The molecule has 0 amide bonds. The quantitative estimate of drug-likeness (QED) is 0.864. The van der Waals surface area contributed by atoms with Crippen molar-refractivity contribution in [3.63, 3.8) is 0 Å². The molecular weight excluding hydrogens is 208 g/mol. The number of likely N-dealkylation sites (tertiary alicyclic amines) is 1. The fourth-order valence-corrected chi connectivity index (χ4v) is 3.19. The molecule has 1 saturated heterocycles. The van der Waals surface area contributed by atoms with Gasteiger partial charge in [-0.25, -0.2) is 0 Å². The summed E-state index contributed by atoms with van der Waals surface area (Å²) in [5.41, 5.74) is 7.46. The Balaban J connectivity index is 1.67. The van der Waals surface area contributed by atoms with Gasteiger partial charge in [-0.3, -0.25) is 4.90 Å². The summed E-state index contributed by atoms with van der Waals surface area (Å²) >= 11 is 0. The van der Waals surface area contributed by atoms with Crippen LogP contribution >= 0.6 is 0 Å². The van der Waals surface area contributed by atoms with Gasteiger partial charge in [-0.15, -0.1) is 0 Å². The summed E-state index contributed by atoms with van der Waals surface area (Å²) in [5, 5.41) is 0. The molecule has 0 bridgehead atoms. The summed E-state index contributed by atoms with van der Waals surface area (Å²) in [6.45, 7) is 2.36. The summed E-state index contributed by atoms with van der Waals surface area (Å²) in [6.07, 6.45) is 5.34. The van der Waals surface area contributed by atoms with Gasteiger partial charge in [0.1, 0.15) is 0 Å². The number of benzene rings is 1. The molecule has 0 spiro atoms. The van der Waals surface area contributed by atoms with Gasteiger partial charge in [-0.05, 0) is 37.3 Å². The highest BCUT2D eigenvalue weighted by Crippen LogP contribution is 2.39. The normalized spacial score (nSPS) is 33.6. The lowest BCUT2D eigenvalue weighted by molar-refractivity contribution is 0.121. The van der Waals surface area contributed by atoms with E-state index in [1.54, 1.807) is 0 Å². The van der Waals surface area contributed by atoms with Gasteiger partial charge in [-0.2, -0.15) is 0 Å². The van der Waals surface area contributed by atoms with Crippen LogP contribution in [-0.2, 0) is 6.54 Å². The van der Waals surface area contributed by atoms with Crippen LogP contribution in [0.4, 0.5) is 0 Å². The molecule has 1 heterocycles. The number of nitrogens with zero attached hydrogens (tertiary/aromatic N) is 1. The monoisotopic (exact) mass is 230 g/mol. The molecule has 1 aromatic rings. The Hall–Kier alpha value is -0.860. The van der Waals surface area contributed by atoms with E-state index in [1.165, 1.54) is 37.8 Å². The van der Waals surface area contributed by atoms with E-state index in [0.717, 1.165) is 18.5 Å². The van der Waals surface area contributed by atoms with Gasteiger partial charge in [0.25, 0.3) is 0 Å². The summed E-state index contributed by atoms with van der Waals surface area (Å²) in [5.74, 6) is 0.777. The molecule has 2 N–H and O–H groups in total. The van der Waals surface area contributed by atoms with E-state index in [0.29, 0.717) is 6.04 Å². The first-order valence-corrected chi connectivity index (χ1v) is 6.88. The van der Waals surface area contributed by atoms with Crippen molar-refractivity contribution in [3.8, 4) is 0 Å². The third kappa shape index (κ3) is 2.53. The van der Waals surface area contributed by atoms with E-state index in [2.05, 4.69) is 35.2 Å². The Kier molecular flexibility index (Phi) is 3.17. The molecule has 1 unspecified atom stereocenters. The maximum atomic E-state index is 6.03. The van der Waals surface area contributed by atoms with Crippen LogP contribution in [0.5, 0.6) is 0 Å². The van der Waals surface area contributed by atoms with Crippen molar-refractivity contribution < 1.29 is 0 Å². The average molecular weight is 230 g/mol. The first-order chi connectivity index (χ1) is 8.34. The predicted molar refractivity (Wildman–Crippen MR) is 70.6 cm³/mol. The Labute approximate surface area is 104 Å². The zero-order valence-electron chi connectivity index (χ0n) is 10.4. The second-order valence-corrected chi connectivity index (χ2v) is 5.58. The fourth-order valence-electron chi connectivity index (χ4n) is 3.19. The molecule has 2 aliphatic rings. The van der Waals surface area contributed by atoms with Gasteiger partial charge in [0, 0.05) is 18.6 Å². The minimum absolute atomic E-state index is 0.483. The van der Waals surface area contributed by atoms with Gasteiger partial charge in [-0.1, -0.05) is 36.8 Å². The number of hydrogen-bond acceptors (Lipinski definition) is 2. The lowest BCUT2D eigenvalue weighted by atomic mass is 9.97. The van der Waals surface area contributed by atoms with Crippen molar-refractivity contribution in [2.45, 2.75) is 44.3 Å². The van der Waals surface area contributed by atoms with Gasteiger partial charge in [0.2, 0.25) is 0 Å². The van der Waals surface area contributed by atoms with Crippen LogP contribution in [0.25, 0.3) is 0 Å². The minimum Gasteiger partial charge on any atom is -0.327 e. The van der Waals surface area contributed by atoms with Crippen molar-refractivity contribution in [3.05, 3.63) is 35.9 Å². The Morgan fingerprint density at radius 3 is 2.65 bits per heavy atom. The zero-order valence-corrected chi connectivity index (χ0v) is 10.4. The first-order valence-electron chi connectivity index (χ1n) is 6.88. The highest BCUT2D eigenvalue weighted by atomic mass is 15.2. The van der Waals surface area contributed by atoms with Crippen LogP contribution in [-0.4, -0.2) is 23.5 Å². The number of hydrogen-bond donors (Lipinski definition) is 1. The lowest BCUT2D eigenvalue weighted by Crippen LogP contribution is -2.41. The Morgan fingerprint density at radius 1 is 1.18 bits per heavy atom. The predicted octanol–water partition coefficient (Wildman–Crippen LogP) is 2.39. The first kappa shape index (κ1) is 11.2. The minimum atomic E-state index is 0.483. The van der Waals surface area contributed by atoms with Crippen LogP contribution in [0.2, 0.25) is 0 Å². The van der Waals surface area contributed by atoms with Gasteiger partial charge in [0.15, 0.2) is 0 Å². The van der Waals surface area contributed by atoms with Crippen LogP contribution in [0.1, 0.15) is 31.2 Å². The molecule has 3 rings (SSSR count). The van der Waals surface area contributed by atoms with Crippen LogP contribution < -0.4 is 5.73 Å². The Morgan fingerprint density at radius 2 is 1.94 bits per heavy atom. The maximum Gasteiger partial charge on any atom is 0.0236 e. The fraction of sp³-hybridized carbons (Fsp3) is 0.600. The largest absolute Gasteiger partial charge is 0.327 e.